The van der Waals surface area contributed by atoms with Gasteiger partial charge in [0.2, 0.25) is 0 Å². The number of rotatable bonds is 5. The SMILES string of the molecule is Cc1noc(-c2ccccc2)c1NC(=O)c1cc(-c2ccc3c(c2)OCCO3)nc2c1cnn2C(C)C. The van der Waals surface area contributed by atoms with E-state index in [4.69, 9.17) is 19.0 Å². The van der Waals surface area contributed by atoms with Gasteiger partial charge in [0.05, 0.1) is 22.8 Å². The van der Waals surface area contributed by atoms with Crippen LogP contribution in [0.2, 0.25) is 0 Å². The van der Waals surface area contributed by atoms with Gasteiger partial charge in [-0.2, -0.15) is 5.10 Å². The molecule has 6 rings (SSSR count). The summed E-state index contributed by atoms with van der Waals surface area (Å²) in [4.78, 5) is 18.7. The molecule has 9 nitrogen and oxygen atoms in total. The van der Waals surface area contributed by atoms with Gasteiger partial charge in [-0.25, -0.2) is 9.67 Å². The van der Waals surface area contributed by atoms with Gasteiger partial charge in [0, 0.05) is 17.2 Å². The molecule has 0 bridgehead atoms. The lowest BCUT2D eigenvalue weighted by atomic mass is 10.0. The second kappa shape index (κ2) is 9.09. The minimum Gasteiger partial charge on any atom is -0.486 e. The Bertz CT molecular complexity index is 1620. The Kier molecular flexibility index (Phi) is 5.60. The zero-order valence-corrected chi connectivity index (χ0v) is 20.7. The van der Waals surface area contributed by atoms with Gasteiger partial charge < -0.3 is 19.3 Å². The van der Waals surface area contributed by atoms with Crippen molar-refractivity contribution in [2.45, 2.75) is 26.8 Å². The fraction of sp³-hybridized carbons (Fsp3) is 0.214. The van der Waals surface area contributed by atoms with Crippen LogP contribution in [-0.4, -0.2) is 39.0 Å². The Morgan fingerprint density at radius 2 is 1.78 bits per heavy atom. The zero-order chi connectivity index (χ0) is 25.5. The molecule has 0 saturated carbocycles. The molecule has 1 aliphatic rings. The van der Waals surface area contributed by atoms with E-state index in [9.17, 15) is 4.79 Å². The van der Waals surface area contributed by atoms with Crippen LogP contribution in [0.25, 0.3) is 33.6 Å². The largest absolute Gasteiger partial charge is 0.486 e. The van der Waals surface area contributed by atoms with Crippen molar-refractivity contribution in [1.82, 2.24) is 19.9 Å². The summed E-state index contributed by atoms with van der Waals surface area (Å²) >= 11 is 0. The predicted octanol–water partition coefficient (Wildman–Crippen LogP) is 5.67. The summed E-state index contributed by atoms with van der Waals surface area (Å²) in [5.41, 5.74) is 4.44. The summed E-state index contributed by atoms with van der Waals surface area (Å²) in [7, 11) is 0. The number of aryl methyl sites for hydroxylation is 1. The summed E-state index contributed by atoms with van der Waals surface area (Å²) < 4.78 is 18.8. The Balaban J connectivity index is 1.45. The molecule has 9 heteroatoms. The highest BCUT2D eigenvalue weighted by atomic mass is 16.6. The van der Waals surface area contributed by atoms with Gasteiger partial charge in [-0.15, -0.1) is 0 Å². The van der Waals surface area contributed by atoms with Crippen molar-refractivity contribution < 1.29 is 18.8 Å². The quantitative estimate of drug-likeness (QED) is 0.335. The molecule has 1 N–H and O–H groups in total. The molecule has 3 aromatic heterocycles. The predicted molar refractivity (Wildman–Crippen MR) is 139 cm³/mol. The van der Waals surface area contributed by atoms with E-state index < -0.39 is 0 Å². The van der Waals surface area contributed by atoms with E-state index >= 15 is 0 Å². The van der Waals surface area contributed by atoms with Gasteiger partial charge in [0.1, 0.15) is 24.6 Å². The highest BCUT2D eigenvalue weighted by molar-refractivity contribution is 6.13. The van der Waals surface area contributed by atoms with Gasteiger partial charge >= 0.3 is 0 Å². The molecule has 2 aromatic carbocycles. The number of fused-ring (bicyclic) bond motifs is 2. The van der Waals surface area contributed by atoms with Gasteiger partial charge in [-0.1, -0.05) is 35.5 Å². The monoisotopic (exact) mass is 495 g/mol. The van der Waals surface area contributed by atoms with Crippen LogP contribution in [0.5, 0.6) is 11.5 Å². The van der Waals surface area contributed by atoms with Gasteiger partial charge in [-0.05, 0) is 45.0 Å². The summed E-state index contributed by atoms with van der Waals surface area (Å²) in [6.45, 7) is 6.85. The van der Waals surface area contributed by atoms with E-state index in [1.165, 1.54) is 0 Å². The van der Waals surface area contributed by atoms with Gasteiger partial charge in [-0.3, -0.25) is 4.79 Å². The highest BCUT2D eigenvalue weighted by Gasteiger charge is 2.23. The number of aromatic nitrogens is 4. The minimum atomic E-state index is -0.307. The minimum absolute atomic E-state index is 0.0569. The normalized spacial score (nSPS) is 12.8. The maximum Gasteiger partial charge on any atom is 0.256 e. The van der Waals surface area contributed by atoms with Crippen molar-refractivity contribution in [2.24, 2.45) is 0 Å². The van der Waals surface area contributed by atoms with E-state index in [0.717, 1.165) is 11.1 Å². The first-order chi connectivity index (χ1) is 18.0. The van der Waals surface area contributed by atoms with Crippen LogP contribution in [-0.2, 0) is 0 Å². The Morgan fingerprint density at radius 3 is 2.57 bits per heavy atom. The van der Waals surface area contributed by atoms with Crippen LogP contribution >= 0.6 is 0 Å². The van der Waals surface area contributed by atoms with Crippen molar-refractivity contribution >= 4 is 22.6 Å². The Morgan fingerprint density at radius 1 is 1.00 bits per heavy atom. The van der Waals surface area contributed by atoms with E-state index in [0.29, 0.717) is 64.1 Å². The van der Waals surface area contributed by atoms with Crippen LogP contribution < -0.4 is 14.8 Å². The first kappa shape index (κ1) is 22.8. The second-order valence-electron chi connectivity index (χ2n) is 9.13. The lowest BCUT2D eigenvalue weighted by molar-refractivity contribution is 0.102. The van der Waals surface area contributed by atoms with Crippen LogP contribution in [0, 0.1) is 6.92 Å². The van der Waals surface area contributed by atoms with Crippen LogP contribution in [0.3, 0.4) is 0 Å². The zero-order valence-electron chi connectivity index (χ0n) is 20.7. The van der Waals surface area contributed by atoms with Gasteiger partial charge in [0.25, 0.3) is 5.91 Å². The van der Waals surface area contributed by atoms with Crippen molar-refractivity contribution in [1.29, 1.82) is 0 Å². The maximum absolute atomic E-state index is 13.8. The third-order valence-corrected chi connectivity index (χ3v) is 6.28. The van der Waals surface area contributed by atoms with Crippen LogP contribution in [0.15, 0.2) is 65.3 Å². The van der Waals surface area contributed by atoms with E-state index in [2.05, 4.69) is 15.6 Å². The molecule has 0 spiro atoms. The lowest BCUT2D eigenvalue weighted by Gasteiger charge is -2.19. The number of ether oxygens (including phenoxy) is 2. The van der Waals surface area contributed by atoms with Crippen LogP contribution in [0.4, 0.5) is 5.69 Å². The molecule has 0 fully saturated rings. The summed E-state index contributed by atoms with van der Waals surface area (Å²) in [5, 5.41) is 12.3. The lowest BCUT2D eigenvalue weighted by Crippen LogP contribution is -2.15. The van der Waals surface area contributed by atoms with E-state index in [1.54, 1.807) is 19.2 Å². The average molecular weight is 496 g/mol. The Hall–Kier alpha value is -4.66. The highest BCUT2D eigenvalue weighted by Crippen LogP contribution is 2.36. The standard InChI is InChI=1S/C28H25N5O4/c1-16(2)33-27-21(15-29-33)20(14-22(30-27)19-9-10-23-24(13-19)36-12-11-35-23)28(34)31-25-17(3)32-37-26(25)18-7-5-4-6-8-18/h4-10,13-16H,11-12H2,1-3H3,(H,31,34). The molecule has 0 aliphatic carbocycles. The molecule has 5 aromatic rings. The number of anilines is 1. The first-order valence-corrected chi connectivity index (χ1v) is 12.1. The van der Waals surface area contributed by atoms with E-state index in [-0.39, 0.29) is 11.9 Å². The number of carbonyl (C=O) groups excluding carboxylic acids is 1. The second-order valence-corrected chi connectivity index (χ2v) is 9.13. The summed E-state index contributed by atoms with van der Waals surface area (Å²) in [6.07, 6.45) is 1.68. The fourth-order valence-electron chi connectivity index (χ4n) is 4.42. The third-order valence-electron chi connectivity index (χ3n) is 6.28. The molecule has 37 heavy (non-hydrogen) atoms. The molecular weight excluding hydrogens is 470 g/mol. The van der Waals surface area contributed by atoms with Crippen molar-refractivity contribution in [3.05, 3.63) is 72.1 Å². The number of benzene rings is 2. The maximum atomic E-state index is 13.8. The fourth-order valence-corrected chi connectivity index (χ4v) is 4.42. The summed E-state index contributed by atoms with van der Waals surface area (Å²) in [6, 6.07) is 17.1. The molecule has 0 unspecified atom stereocenters. The number of hydrogen-bond acceptors (Lipinski definition) is 7. The summed E-state index contributed by atoms with van der Waals surface area (Å²) in [5.74, 6) is 1.54. The number of nitrogens with zero attached hydrogens (tertiary/aromatic N) is 4. The molecule has 186 valence electrons. The van der Waals surface area contributed by atoms with Crippen molar-refractivity contribution in [3.8, 4) is 34.1 Å². The van der Waals surface area contributed by atoms with Crippen molar-refractivity contribution in [3.63, 3.8) is 0 Å². The van der Waals surface area contributed by atoms with Crippen molar-refractivity contribution in [2.75, 3.05) is 18.5 Å². The molecule has 0 atom stereocenters. The number of carbonyl (C=O) groups is 1. The topological polar surface area (TPSA) is 104 Å². The molecule has 1 aliphatic heterocycles. The number of nitrogens with one attached hydrogen (secondary N) is 1. The number of pyridine rings is 1. The van der Waals surface area contributed by atoms with E-state index in [1.807, 2.05) is 67.1 Å². The molecule has 0 radical (unpaired) electrons. The smallest absolute Gasteiger partial charge is 0.256 e. The third kappa shape index (κ3) is 4.08. The molecular formula is C28H25N5O4. The molecule has 1 amide bonds. The Labute approximate surface area is 213 Å². The first-order valence-electron chi connectivity index (χ1n) is 12.1. The number of amides is 1. The molecule has 4 heterocycles. The average Bonchev–Trinajstić information content (AvgIpc) is 3.52. The van der Waals surface area contributed by atoms with Crippen LogP contribution in [0.1, 0.15) is 35.9 Å². The number of hydrogen-bond donors (Lipinski definition) is 1. The van der Waals surface area contributed by atoms with Gasteiger partial charge in [0.15, 0.2) is 22.9 Å². The molecule has 0 saturated heterocycles.